The summed E-state index contributed by atoms with van der Waals surface area (Å²) >= 11 is 0. The summed E-state index contributed by atoms with van der Waals surface area (Å²) in [4.78, 5) is 25.5. The summed E-state index contributed by atoms with van der Waals surface area (Å²) in [5.74, 6) is 2.47. The van der Waals surface area contributed by atoms with E-state index >= 15 is 0 Å². The summed E-state index contributed by atoms with van der Waals surface area (Å²) in [6, 6.07) is 17.3. The van der Waals surface area contributed by atoms with Gasteiger partial charge in [0.1, 0.15) is 22.8 Å². The molecule has 34 heavy (non-hydrogen) atoms. The normalized spacial score (nSPS) is 11.9. The monoisotopic (exact) mass is 459 g/mol. The number of fused-ring (bicyclic) bond motifs is 2. The van der Waals surface area contributed by atoms with Gasteiger partial charge in [-0.3, -0.25) is 9.59 Å². The number of anilines is 1. The van der Waals surface area contributed by atoms with Crippen molar-refractivity contribution in [2.75, 3.05) is 25.8 Å². The molecule has 1 aliphatic rings. The lowest BCUT2D eigenvalue weighted by Gasteiger charge is -2.10. The highest BCUT2D eigenvalue weighted by Gasteiger charge is 2.16. The van der Waals surface area contributed by atoms with Gasteiger partial charge in [0.15, 0.2) is 18.1 Å². The molecule has 0 fully saturated rings. The van der Waals surface area contributed by atoms with Gasteiger partial charge >= 0.3 is 0 Å². The van der Waals surface area contributed by atoms with Gasteiger partial charge in [0.25, 0.3) is 5.91 Å². The highest BCUT2D eigenvalue weighted by atomic mass is 16.7. The predicted molar refractivity (Wildman–Crippen MR) is 126 cm³/mol. The zero-order valence-electron chi connectivity index (χ0n) is 18.5. The topological polar surface area (TPSA) is 96.2 Å². The Kier molecular flexibility index (Phi) is 5.55. The quantitative estimate of drug-likeness (QED) is 0.453. The first-order valence-electron chi connectivity index (χ1n) is 10.6. The lowest BCUT2D eigenvalue weighted by Crippen LogP contribution is -2.20. The minimum absolute atomic E-state index is 0.143. The van der Waals surface area contributed by atoms with Crippen molar-refractivity contribution >= 4 is 22.6 Å². The van der Waals surface area contributed by atoms with Gasteiger partial charge in [0.05, 0.1) is 18.1 Å². The lowest BCUT2D eigenvalue weighted by molar-refractivity contribution is -0.118. The van der Waals surface area contributed by atoms with E-state index in [2.05, 4.69) is 5.32 Å². The molecule has 8 heteroatoms. The molecule has 0 atom stereocenters. The molecule has 0 radical (unpaired) electrons. The Bertz CT molecular complexity index is 1440. The summed E-state index contributed by atoms with van der Waals surface area (Å²) in [6.45, 7) is 1.69. The third-order valence-electron chi connectivity index (χ3n) is 5.44. The van der Waals surface area contributed by atoms with E-state index in [1.54, 1.807) is 62.6 Å². The fourth-order valence-electron chi connectivity index (χ4n) is 3.79. The minimum atomic E-state index is -0.341. The van der Waals surface area contributed by atoms with E-state index in [1.165, 1.54) is 0 Å². The molecule has 5 rings (SSSR count). The Morgan fingerprint density at radius 1 is 0.971 bits per heavy atom. The smallest absolute Gasteiger partial charge is 0.262 e. The maximum Gasteiger partial charge on any atom is 0.262 e. The number of aryl methyl sites for hydroxylation is 1. The number of carbonyl (C=O) groups excluding carboxylic acids is 1. The first kappa shape index (κ1) is 21.4. The summed E-state index contributed by atoms with van der Waals surface area (Å²) < 4.78 is 27.3. The van der Waals surface area contributed by atoms with E-state index in [0.717, 1.165) is 5.56 Å². The molecular formula is C26H21NO7. The highest BCUT2D eigenvalue weighted by molar-refractivity contribution is 5.92. The number of benzene rings is 3. The maximum atomic E-state index is 13.2. The van der Waals surface area contributed by atoms with E-state index in [0.29, 0.717) is 51.0 Å². The third kappa shape index (κ3) is 4.13. The molecule has 3 aromatic carbocycles. The van der Waals surface area contributed by atoms with Gasteiger partial charge in [-0.1, -0.05) is 12.1 Å². The molecule has 1 aromatic heterocycles. The Morgan fingerprint density at radius 2 is 1.74 bits per heavy atom. The molecule has 0 aliphatic carbocycles. The van der Waals surface area contributed by atoms with Crippen LogP contribution in [0.5, 0.6) is 23.0 Å². The van der Waals surface area contributed by atoms with Gasteiger partial charge in [-0.15, -0.1) is 0 Å². The van der Waals surface area contributed by atoms with E-state index in [1.807, 2.05) is 12.1 Å². The summed E-state index contributed by atoms with van der Waals surface area (Å²) in [5.41, 5.74) is 2.05. The Labute approximate surface area is 194 Å². The molecule has 1 amide bonds. The van der Waals surface area contributed by atoms with Crippen molar-refractivity contribution in [1.82, 2.24) is 0 Å². The van der Waals surface area contributed by atoms with Crippen molar-refractivity contribution in [3.63, 3.8) is 0 Å². The van der Waals surface area contributed by atoms with Crippen LogP contribution in [-0.2, 0) is 4.79 Å². The summed E-state index contributed by atoms with van der Waals surface area (Å²) in [6.07, 6.45) is 0. The van der Waals surface area contributed by atoms with Gasteiger partial charge in [-0.25, -0.2) is 0 Å². The van der Waals surface area contributed by atoms with Crippen molar-refractivity contribution in [1.29, 1.82) is 0 Å². The van der Waals surface area contributed by atoms with Crippen molar-refractivity contribution in [3.8, 4) is 34.1 Å². The second kappa shape index (κ2) is 8.82. The number of carbonyl (C=O) groups is 1. The van der Waals surface area contributed by atoms with Crippen molar-refractivity contribution in [2.24, 2.45) is 0 Å². The van der Waals surface area contributed by atoms with E-state index in [9.17, 15) is 9.59 Å². The molecular weight excluding hydrogens is 438 g/mol. The fourth-order valence-corrected chi connectivity index (χ4v) is 3.79. The van der Waals surface area contributed by atoms with Crippen LogP contribution in [0.1, 0.15) is 5.76 Å². The van der Waals surface area contributed by atoms with E-state index in [4.69, 9.17) is 23.4 Å². The van der Waals surface area contributed by atoms with Gasteiger partial charge in [0, 0.05) is 17.8 Å². The molecule has 0 unspecified atom stereocenters. The van der Waals surface area contributed by atoms with Crippen LogP contribution in [0.15, 0.2) is 69.9 Å². The molecule has 8 nitrogen and oxygen atoms in total. The summed E-state index contributed by atoms with van der Waals surface area (Å²) in [5, 5.41) is 3.17. The zero-order valence-corrected chi connectivity index (χ0v) is 18.5. The van der Waals surface area contributed by atoms with Crippen LogP contribution in [0, 0.1) is 6.92 Å². The third-order valence-corrected chi connectivity index (χ3v) is 5.44. The zero-order chi connectivity index (χ0) is 23.7. The highest BCUT2D eigenvalue weighted by Crippen LogP contribution is 2.34. The van der Waals surface area contributed by atoms with Crippen LogP contribution >= 0.6 is 0 Å². The van der Waals surface area contributed by atoms with Gasteiger partial charge in [-0.05, 0) is 48.9 Å². The minimum Gasteiger partial charge on any atom is -0.497 e. The number of rotatable bonds is 6. The van der Waals surface area contributed by atoms with Crippen molar-refractivity contribution in [3.05, 3.63) is 76.6 Å². The number of methoxy groups -OCH3 is 1. The van der Waals surface area contributed by atoms with Gasteiger partial charge in [0.2, 0.25) is 12.2 Å². The molecule has 1 N–H and O–H groups in total. The average molecular weight is 459 g/mol. The largest absolute Gasteiger partial charge is 0.497 e. The summed E-state index contributed by atoms with van der Waals surface area (Å²) in [7, 11) is 1.59. The second-order valence-electron chi connectivity index (χ2n) is 7.65. The standard InChI is InChI=1S/C26H21NO7/c1-15-25(16-3-6-18(30-2)7-4-16)26(29)20-9-8-19(12-22(20)34-15)31-13-24(28)27-17-5-10-21-23(11-17)33-14-32-21/h3-12H,13-14H2,1-2H3,(H,27,28). The number of hydrogen-bond acceptors (Lipinski definition) is 7. The molecule has 1 aliphatic heterocycles. The maximum absolute atomic E-state index is 13.2. The first-order chi connectivity index (χ1) is 16.5. The lowest BCUT2D eigenvalue weighted by atomic mass is 10.0. The van der Waals surface area contributed by atoms with Gasteiger partial charge in [-0.2, -0.15) is 0 Å². The number of ether oxygens (including phenoxy) is 4. The van der Waals surface area contributed by atoms with Crippen LogP contribution in [0.25, 0.3) is 22.1 Å². The van der Waals surface area contributed by atoms with Crippen LogP contribution < -0.4 is 29.7 Å². The molecule has 0 saturated carbocycles. The van der Waals surface area contributed by atoms with Crippen LogP contribution in [0.4, 0.5) is 5.69 Å². The van der Waals surface area contributed by atoms with E-state index in [-0.39, 0.29) is 24.7 Å². The van der Waals surface area contributed by atoms with Crippen LogP contribution in [0.2, 0.25) is 0 Å². The average Bonchev–Trinajstić information content (AvgIpc) is 3.31. The first-order valence-corrected chi connectivity index (χ1v) is 10.6. The Hall–Kier alpha value is -4.46. The Morgan fingerprint density at radius 3 is 2.53 bits per heavy atom. The van der Waals surface area contributed by atoms with Crippen molar-refractivity contribution < 1.29 is 28.2 Å². The Balaban J connectivity index is 1.32. The molecule has 4 aromatic rings. The SMILES string of the molecule is COc1ccc(-c2c(C)oc3cc(OCC(=O)Nc4ccc5c(c4)OCO5)ccc3c2=O)cc1. The van der Waals surface area contributed by atoms with Crippen LogP contribution in [-0.4, -0.2) is 26.4 Å². The van der Waals surface area contributed by atoms with E-state index < -0.39 is 0 Å². The predicted octanol–water partition coefficient (Wildman–Crippen LogP) is 4.52. The van der Waals surface area contributed by atoms with Crippen LogP contribution in [0.3, 0.4) is 0 Å². The number of nitrogens with one attached hydrogen (secondary N) is 1. The fraction of sp³-hybridized carbons (Fsp3) is 0.154. The number of hydrogen-bond donors (Lipinski definition) is 1. The van der Waals surface area contributed by atoms with Crippen molar-refractivity contribution in [2.45, 2.75) is 6.92 Å². The molecule has 0 saturated heterocycles. The molecule has 0 bridgehead atoms. The molecule has 2 heterocycles. The number of amides is 1. The second-order valence-corrected chi connectivity index (χ2v) is 7.65. The molecule has 0 spiro atoms. The molecule has 172 valence electrons. The van der Waals surface area contributed by atoms with Gasteiger partial charge < -0.3 is 28.7 Å².